The minimum Gasteiger partial charge on any atom is -0.383 e. The number of benzene rings is 4. The van der Waals surface area contributed by atoms with Crippen molar-refractivity contribution in [2.24, 2.45) is 0 Å². The zero-order chi connectivity index (χ0) is 29.5. The first-order valence-corrected chi connectivity index (χ1v) is 13.7. The van der Waals surface area contributed by atoms with Gasteiger partial charge in [0, 0.05) is 22.1 Å². The molecule has 4 heterocycles. The number of nitrogens with zero attached hydrogens (tertiary/aromatic N) is 11. The largest absolute Gasteiger partial charge is 0.383 e. The van der Waals surface area contributed by atoms with E-state index in [1.54, 1.807) is 28.3 Å². The van der Waals surface area contributed by atoms with Crippen LogP contribution in [-0.4, -0.2) is 49.5 Å². The van der Waals surface area contributed by atoms with Gasteiger partial charge < -0.3 is 5.73 Å². The fourth-order valence-corrected chi connectivity index (χ4v) is 5.24. The summed E-state index contributed by atoms with van der Waals surface area (Å²) < 4.78 is 3.43. The third kappa shape index (κ3) is 4.43. The molecule has 2 N–H and O–H groups in total. The highest BCUT2D eigenvalue weighted by Gasteiger charge is 2.19. The van der Waals surface area contributed by atoms with Gasteiger partial charge in [-0.1, -0.05) is 12.1 Å². The smallest absolute Gasteiger partial charge is 0.148 e. The van der Waals surface area contributed by atoms with Gasteiger partial charge in [-0.25, -0.2) is 39.3 Å². The Morgan fingerprint density at radius 1 is 0.523 bits per heavy atom. The van der Waals surface area contributed by atoms with Crippen LogP contribution in [0.4, 0.5) is 23.0 Å². The molecule has 0 saturated carbocycles. The first kappa shape index (κ1) is 25.2. The van der Waals surface area contributed by atoms with Gasteiger partial charge >= 0.3 is 0 Å². The monoisotopic (exact) mass is 574 g/mol. The van der Waals surface area contributed by atoms with E-state index in [4.69, 9.17) is 10.7 Å². The standard InChI is InChI=1S/C32H22N12/c33-31-27-13-21(1-11-29(27)36-17-38-31)22-2-12-30-28(14-22)32(39-18-37-30)44(25-7-3-23(4-8-25)42-19-34-15-40-42)26-9-5-24(6-10-26)43-20-35-16-41-43/h1-20H,(H2,33,36,38). The lowest BCUT2D eigenvalue weighted by Crippen LogP contribution is -2.13. The van der Waals surface area contributed by atoms with Crippen molar-refractivity contribution in [3.8, 4) is 22.5 Å². The van der Waals surface area contributed by atoms with Crippen LogP contribution in [0.1, 0.15) is 0 Å². The molecule has 0 saturated heterocycles. The fourth-order valence-electron chi connectivity index (χ4n) is 5.24. The van der Waals surface area contributed by atoms with Crippen LogP contribution in [0.25, 0.3) is 44.3 Å². The van der Waals surface area contributed by atoms with Crippen LogP contribution < -0.4 is 10.6 Å². The third-order valence-corrected chi connectivity index (χ3v) is 7.41. The second kappa shape index (κ2) is 10.4. The number of hydrogen-bond donors (Lipinski definition) is 1. The molecule has 0 atom stereocenters. The first-order chi connectivity index (χ1) is 21.7. The van der Waals surface area contributed by atoms with E-state index in [2.05, 4.69) is 46.1 Å². The number of rotatable bonds is 6. The van der Waals surface area contributed by atoms with Crippen molar-refractivity contribution in [1.82, 2.24) is 49.5 Å². The molecule has 0 unspecified atom stereocenters. The SMILES string of the molecule is Nc1ncnc2ccc(-c3ccc4ncnc(N(c5ccc(-n6cncn6)cc5)c5ccc(-n6cncn6)cc5)c4c3)cc12. The lowest BCUT2D eigenvalue weighted by Gasteiger charge is -2.26. The Labute approximate surface area is 250 Å². The van der Waals surface area contributed by atoms with E-state index in [1.807, 2.05) is 78.9 Å². The number of nitrogen functional groups attached to an aromatic ring is 1. The third-order valence-electron chi connectivity index (χ3n) is 7.41. The van der Waals surface area contributed by atoms with E-state index in [0.29, 0.717) is 5.82 Å². The van der Waals surface area contributed by atoms with Crippen LogP contribution in [-0.2, 0) is 0 Å². The molecule has 12 nitrogen and oxygen atoms in total. The predicted octanol–water partition coefficient (Wildman–Crippen LogP) is 5.45. The van der Waals surface area contributed by atoms with E-state index in [1.165, 1.54) is 19.0 Å². The molecule has 4 aromatic heterocycles. The first-order valence-electron chi connectivity index (χ1n) is 13.7. The summed E-state index contributed by atoms with van der Waals surface area (Å²) in [5.41, 5.74) is 13.3. The highest BCUT2D eigenvalue weighted by molar-refractivity contribution is 5.98. The molecule has 0 aliphatic rings. The second-order valence-electron chi connectivity index (χ2n) is 9.97. The van der Waals surface area contributed by atoms with E-state index >= 15 is 0 Å². The van der Waals surface area contributed by atoms with Crippen LogP contribution in [0.2, 0.25) is 0 Å². The molecule has 8 aromatic rings. The summed E-state index contributed by atoms with van der Waals surface area (Å²) in [5.74, 6) is 1.17. The molecule has 0 radical (unpaired) electrons. The Morgan fingerprint density at radius 3 is 1.59 bits per heavy atom. The van der Waals surface area contributed by atoms with Crippen molar-refractivity contribution in [3.05, 3.63) is 123 Å². The van der Waals surface area contributed by atoms with Crippen molar-refractivity contribution in [1.29, 1.82) is 0 Å². The molecule has 44 heavy (non-hydrogen) atoms. The summed E-state index contributed by atoms with van der Waals surface area (Å²) in [6.45, 7) is 0. The zero-order valence-corrected chi connectivity index (χ0v) is 23.0. The predicted molar refractivity (Wildman–Crippen MR) is 167 cm³/mol. The van der Waals surface area contributed by atoms with Crippen LogP contribution in [0.5, 0.6) is 0 Å². The maximum absolute atomic E-state index is 6.17. The summed E-state index contributed by atoms with van der Waals surface area (Å²) in [6, 6.07) is 28.3. The van der Waals surface area contributed by atoms with Gasteiger partial charge in [-0.15, -0.1) is 0 Å². The van der Waals surface area contributed by atoms with E-state index in [0.717, 1.165) is 61.5 Å². The van der Waals surface area contributed by atoms with Gasteiger partial charge in [0.2, 0.25) is 0 Å². The van der Waals surface area contributed by atoms with Crippen LogP contribution >= 0.6 is 0 Å². The zero-order valence-electron chi connectivity index (χ0n) is 23.0. The van der Waals surface area contributed by atoms with Crippen molar-refractivity contribution in [2.75, 3.05) is 10.6 Å². The Morgan fingerprint density at radius 2 is 1.05 bits per heavy atom. The van der Waals surface area contributed by atoms with Crippen molar-refractivity contribution in [2.45, 2.75) is 0 Å². The number of anilines is 4. The van der Waals surface area contributed by atoms with Gasteiger partial charge in [0.15, 0.2) is 0 Å². The normalized spacial score (nSPS) is 11.3. The lowest BCUT2D eigenvalue weighted by molar-refractivity contribution is 0.878. The maximum Gasteiger partial charge on any atom is 0.148 e. The average molecular weight is 575 g/mol. The summed E-state index contributed by atoms with van der Waals surface area (Å²) in [4.78, 5) is 28.2. The van der Waals surface area contributed by atoms with Crippen molar-refractivity contribution >= 4 is 44.8 Å². The molecule has 0 spiro atoms. The van der Waals surface area contributed by atoms with Crippen LogP contribution in [0.15, 0.2) is 123 Å². The van der Waals surface area contributed by atoms with Crippen molar-refractivity contribution in [3.63, 3.8) is 0 Å². The molecule has 12 heteroatoms. The van der Waals surface area contributed by atoms with Gasteiger partial charge in [-0.2, -0.15) is 10.2 Å². The van der Waals surface area contributed by atoms with Gasteiger partial charge in [0.05, 0.1) is 22.4 Å². The Hall–Kier alpha value is -6.56. The summed E-state index contributed by atoms with van der Waals surface area (Å²) >= 11 is 0. The molecule has 0 aliphatic carbocycles. The Balaban J connectivity index is 1.28. The maximum atomic E-state index is 6.17. The van der Waals surface area contributed by atoms with Crippen LogP contribution in [0, 0.1) is 0 Å². The van der Waals surface area contributed by atoms with Crippen molar-refractivity contribution < 1.29 is 0 Å². The van der Waals surface area contributed by atoms with E-state index < -0.39 is 0 Å². The topological polar surface area (TPSA) is 142 Å². The summed E-state index contributed by atoms with van der Waals surface area (Å²) in [6.07, 6.45) is 9.43. The molecule has 0 amide bonds. The van der Waals surface area contributed by atoms with Gasteiger partial charge in [-0.05, 0) is 83.9 Å². The molecule has 0 bridgehead atoms. The highest BCUT2D eigenvalue weighted by atomic mass is 15.3. The Bertz CT molecular complexity index is 2150. The number of aromatic nitrogens is 10. The molecule has 210 valence electrons. The molecule has 8 rings (SSSR count). The van der Waals surface area contributed by atoms with Gasteiger partial charge in [0.25, 0.3) is 0 Å². The summed E-state index contributed by atoms with van der Waals surface area (Å²) in [7, 11) is 0. The molecular formula is C32H22N12. The lowest BCUT2D eigenvalue weighted by atomic mass is 10.0. The number of nitrogens with two attached hydrogens (primary N) is 1. The number of fused-ring (bicyclic) bond motifs is 2. The molecule has 0 fully saturated rings. The molecule has 4 aromatic carbocycles. The Kier molecular flexibility index (Phi) is 5.93. The van der Waals surface area contributed by atoms with Crippen LogP contribution in [0.3, 0.4) is 0 Å². The second-order valence-corrected chi connectivity index (χ2v) is 9.97. The van der Waals surface area contributed by atoms with E-state index in [-0.39, 0.29) is 0 Å². The number of hydrogen-bond acceptors (Lipinski definition) is 10. The molecular weight excluding hydrogens is 552 g/mol. The fraction of sp³-hybridized carbons (Fsp3) is 0. The quantitative estimate of drug-likeness (QED) is 0.272. The minimum atomic E-state index is 0.441. The van der Waals surface area contributed by atoms with E-state index in [9.17, 15) is 0 Å². The van der Waals surface area contributed by atoms with Gasteiger partial charge in [0.1, 0.15) is 49.6 Å². The highest BCUT2D eigenvalue weighted by Crippen LogP contribution is 2.39. The minimum absolute atomic E-state index is 0.441. The summed E-state index contributed by atoms with van der Waals surface area (Å²) in [5, 5.41) is 10.2. The molecule has 0 aliphatic heterocycles. The van der Waals surface area contributed by atoms with Gasteiger partial charge in [-0.3, -0.25) is 4.90 Å². The average Bonchev–Trinajstić information content (AvgIpc) is 3.82.